The van der Waals surface area contributed by atoms with Gasteiger partial charge in [-0.3, -0.25) is 4.98 Å². The van der Waals surface area contributed by atoms with Crippen molar-refractivity contribution in [2.45, 2.75) is 12.5 Å². The molecule has 116 valence electrons. The molecule has 1 aromatic heterocycles. The summed E-state index contributed by atoms with van der Waals surface area (Å²) in [7, 11) is 0. The fourth-order valence-electron chi connectivity index (χ4n) is 2.70. The number of aromatic nitrogens is 1. The molecule has 0 saturated carbocycles. The van der Waals surface area contributed by atoms with E-state index in [0.29, 0.717) is 26.7 Å². The minimum absolute atomic E-state index is 0.143. The lowest BCUT2D eigenvalue weighted by Crippen LogP contribution is -2.21. The Morgan fingerprint density at radius 1 is 1.05 bits per heavy atom. The summed E-state index contributed by atoms with van der Waals surface area (Å²) in [5, 5.41) is 5.06. The molecule has 6 heteroatoms. The molecule has 1 aromatic carbocycles. The van der Waals surface area contributed by atoms with E-state index in [4.69, 9.17) is 39.5 Å². The van der Waals surface area contributed by atoms with Crippen molar-refractivity contribution in [3.63, 3.8) is 0 Å². The molecule has 1 aliphatic rings. The maximum Gasteiger partial charge on any atom is 0.129 e. The Kier molecular flexibility index (Phi) is 5.09. The summed E-state index contributed by atoms with van der Waals surface area (Å²) < 4.78 is 6.19. The van der Waals surface area contributed by atoms with Gasteiger partial charge in [0.25, 0.3) is 0 Å². The van der Waals surface area contributed by atoms with E-state index in [1.807, 2.05) is 6.07 Å². The van der Waals surface area contributed by atoms with E-state index in [-0.39, 0.29) is 6.10 Å². The van der Waals surface area contributed by atoms with Crippen molar-refractivity contribution in [3.05, 3.63) is 57.3 Å². The molecule has 2 heterocycles. The second-order valence-electron chi connectivity index (χ2n) is 5.33. The van der Waals surface area contributed by atoms with E-state index in [9.17, 15) is 0 Å². The summed E-state index contributed by atoms with van der Waals surface area (Å²) in [5.41, 5.74) is 0.956. The number of hydrogen-bond acceptors (Lipinski definition) is 3. The highest BCUT2D eigenvalue weighted by Gasteiger charge is 2.28. The molecule has 0 amide bonds. The second-order valence-corrected chi connectivity index (χ2v) is 6.64. The third kappa shape index (κ3) is 3.85. The molecular weight excluding hydrogens is 343 g/mol. The fraction of sp³-hybridized carbons (Fsp3) is 0.312. The molecule has 0 bridgehead atoms. The number of ether oxygens (including phenoxy) is 1. The van der Waals surface area contributed by atoms with Crippen LogP contribution in [0.1, 0.15) is 18.1 Å². The number of nitrogens with one attached hydrogen (secondary N) is 1. The first-order valence-electron chi connectivity index (χ1n) is 7.06. The highest BCUT2D eigenvalue weighted by molar-refractivity contribution is 6.34. The fourth-order valence-corrected chi connectivity index (χ4v) is 3.39. The van der Waals surface area contributed by atoms with E-state index in [1.165, 1.54) is 0 Å². The summed E-state index contributed by atoms with van der Waals surface area (Å²) in [5.74, 6) is 0.993. The van der Waals surface area contributed by atoms with Crippen LogP contribution < -0.4 is 10.1 Å². The monoisotopic (exact) mass is 356 g/mol. The van der Waals surface area contributed by atoms with Crippen LogP contribution in [0.15, 0.2) is 36.7 Å². The van der Waals surface area contributed by atoms with Crippen LogP contribution in [0, 0.1) is 5.92 Å². The third-order valence-corrected chi connectivity index (χ3v) is 4.32. The van der Waals surface area contributed by atoms with Crippen LogP contribution in [0.25, 0.3) is 0 Å². The predicted octanol–water partition coefficient (Wildman–Crippen LogP) is 4.77. The van der Waals surface area contributed by atoms with E-state index in [1.54, 1.807) is 30.6 Å². The van der Waals surface area contributed by atoms with Gasteiger partial charge in [-0.15, -0.1) is 0 Å². The van der Waals surface area contributed by atoms with Crippen molar-refractivity contribution in [1.29, 1.82) is 0 Å². The molecule has 1 fully saturated rings. The first-order valence-corrected chi connectivity index (χ1v) is 8.19. The van der Waals surface area contributed by atoms with Gasteiger partial charge in [0.15, 0.2) is 0 Å². The van der Waals surface area contributed by atoms with Gasteiger partial charge >= 0.3 is 0 Å². The van der Waals surface area contributed by atoms with Gasteiger partial charge in [0.05, 0.1) is 5.02 Å². The smallest absolute Gasteiger partial charge is 0.129 e. The van der Waals surface area contributed by atoms with Crippen LogP contribution >= 0.6 is 34.8 Å². The van der Waals surface area contributed by atoms with Crippen LogP contribution in [0.3, 0.4) is 0 Å². The normalized spacial score (nSPS) is 19.1. The Balaban J connectivity index is 1.91. The molecule has 0 aliphatic carbocycles. The first kappa shape index (κ1) is 15.9. The summed E-state index contributed by atoms with van der Waals surface area (Å²) in [4.78, 5) is 4.17. The Morgan fingerprint density at radius 3 is 2.45 bits per heavy atom. The maximum atomic E-state index is 6.19. The van der Waals surface area contributed by atoms with Crippen molar-refractivity contribution in [2.75, 3.05) is 13.1 Å². The van der Waals surface area contributed by atoms with Gasteiger partial charge in [-0.1, -0.05) is 34.8 Å². The zero-order valence-corrected chi connectivity index (χ0v) is 14.0. The zero-order valence-electron chi connectivity index (χ0n) is 11.7. The lowest BCUT2D eigenvalue weighted by Gasteiger charge is -2.25. The van der Waals surface area contributed by atoms with E-state index in [2.05, 4.69) is 10.3 Å². The van der Waals surface area contributed by atoms with Crippen molar-refractivity contribution >= 4 is 34.8 Å². The number of benzene rings is 1. The largest absolute Gasteiger partial charge is 0.485 e. The number of pyridine rings is 1. The summed E-state index contributed by atoms with van der Waals surface area (Å²) >= 11 is 18.2. The summed E-state index contributed by atoms with van der Waals surface area (Å²) in [6.07, 6.45) is 4.30. The lowest BCUT2D eigenvalue weighted by molar-refractivity contribution is 0.144. The Bertz CT molecular complexity index is 639. The van der Waals surface area contributed by atoms with Gasteiger partial charge in [0.2, 0.25) is 0 Å². The van der Waals surface area contributed by atoms with E-state index in [0.717, 1.165) is 25.1 Å². The molecular formula is C16H15Cl3N2O. The summed E-state index contributed by atoms with van der Waals surface area (Å²) in [6, 6.07) is 7.11. The minimum atomic E-state index is -0.143. The Morgan fingerprint density at radius 2 is 1.82 bits per heavy atom. The number of halogens is 3. The molecule has 1 saturated heterocycles. The molecule has 2 aromatic rings. The quantitative estimate of drug-likeness (QED) is 0.855. The average Bonchev–Trinajstić information content (AvgIpc) is 2.97. The second kappa shape index (κ2) is 7.05. The molecule has 3 nitrogen and oxygen atoms in total. The molecule has 22 heavy (non-hydrogen) atoms. The number of hydrogen-bond donors (Lipinski definition) is 1. The van der Waals surface area contributed by atoms with Crippen LogP contribution in [-0.2, 0) is 0 Å². The van der Waals surface area contributed by atoms with Crippen molar-refractivity contribution in [1.82, 2.24) is 10.3 Å². The molecule has 0 radical (unpaired) electrons. The van der Waals surface area contributed by atoms with Gasteiger partial charge in [0.1, 0.15) is 11.9 Å². The number of nitrogens with zero attached hydrogens (tertiary/aromatic N) is 1. The van der Waals surface area contributed by atoms with Crippen LogP contribution in [0.2, 0.25) is 15.1 Å². The van der Waals surface area contributed by atoms with E-state index < -0.39 is 0 Å². The van der Waals surface area contributed by atoms with Crippen LogP contribution in [-0.4, -0.2) is 18.1 Å². The van der Waals surface area contributed by atoms with Gasteiger partial charge in [-0.05, 0) is 37.2 Å². The average molecular weight is 358 g/mol. The highest BCUT2D eigenvalue weighted by Crippen LogP contribution is 2.34. The molecule has 3 rings (SSSR count). The van der Waals surface area contributed by atoms with Gasteiger partial charge in [0, 0.05) is 40.5 Å². The third-order valence-electron chi connectivity index (χ3n) is 3.68. The molecule has 2 atom stereocenters. The van der Waals surface area contributed by atoms with Crippen molar-refractivity contribution in [3.8, 4) is 5.75 Å². The maximum absolute atomic E-state index is 6.19. The SMILES string of the molecule is Clc1cc(Cl)cc(O[C@H](c2cncc(Cl)c2)C2CCNC2)c1. The molecule has 1 aliphatic heterocycles. The van der Waals surface area contributed by atoms with Crippen molar-refractivity contribution in [2.24, 2.45) is 5.92 Å². The zero-order chi connectivity index (χ0) is 15.5. The lowest BCUT2D eigenvalue weighted by atomic mass is 9.96. The van der Waals surface area contributed by atoms with Crippen LogP contribution in [0.4, 0.5) is 0 Å². The molecule has 1 N–H and O–H groups in total. The highest BCUT2D eigenvalue weighted by atomic mass is 35.5. The molecule has 0 spiro atoms. The topological polar surface area (TPSA) is 34.1 Å². The predicted molar refractivity (Wildman–Crippen MR) is 90.1 cm³/mol. The van der Waals surface area contributed by atoms with Gasteiger partial charge < -0.3 is 10.1 Å². The Hall–Kier alpha value is -1.00. The van der Waals surface area contributed by atoms with Gasteiger partial charge in [-0.2, -0.15) is 0 Å². The first-order chi connectivity index (χ1) is 10.6. The Labute approximate surface area is 144 Å². The standard InChI is InChI=1S/C16H15Cl3N2O/c17-12-4-13(18)6-15(5-12)22-16(10-1-2-20-7-10)11-3-14(19)9-21-8-11/h3-6,8-10,16,20H,1-2,7H2/t10?,16-/m0/s1. The summed E-state index contributed by atoms with van der Waals surface area (Å²) in [6.45, 7) is 1.88. The number of rotatable bonds is 4. The minimum Gasteiger partial charge on any atom is -0.485 e. The molecule has 1 unspecified atom stereocenters. The van der Waals surface area contributed by atoms with Crippen molar-refractivity contribution < 1.29 is 4.74 Å². The van der Waals surface area contributed by atoms with Gasteiger partial charge in [-0.25, -0.2) is 0 Å². The van der Waals surface area contributed by atoms with E-state index >= 15 is 0 Å². The van der Waals surface area contributed by atoms with Crippen LogP contribution in [0.5, 0.6) is 5.75 Å².